The fourth-order valence-corrected chi connectivity index (χ4v) is 2.43. The van der Waals surface area contributed by atoms with E-state index in [9.17, 15) is 5.11 Å². The zero-order valence-electron chi connectivity index (χ0n) is 10.3. The second kappa shape index (κ2) is 4.98. The smallest absolute Gasteiger partial charge is 0.0916 e. The molecule has 15 heavy (non-hydrogen) atoms. The molecule has 0 heterocycles. The first-order valence-corrected chi connectivity index (χ1v) is 6.07. The molecule has 86 valence electrons. The Balaban J connectivity index is 2.95. The summed E-state index contributed by atoms with van der Waals surface area (Å²) in [6.07, 6.45) is 8.39. The molecular weight excluding hydrogens is 184 g/mol. The van der Waals surface area contributed by atoms with E-state index in [2.05, 4.69) is 33.4 Å². The SMILES string of the molecule is C=C[C@@H](C)[C@@]1(O)CCCC/C1=C\C(C)C. The summed E-state index contributed by atoms with van der Waals surface area (Å²) in [5, 5.41) is 10.7. The lowest BCUT2D eigenvalue weighted by molar-refractivity contribution is 0.0177. The van der Waals surface area contributed by atoms with Crippen LogP contribution < -0.4 is 0 Å². The third-order valence-corrected chi connectivity index (χ3v) is 3.45. The van der Waals surface area contributed by atoms with Crippen LogP contribution in [0.3, 0.4) is 0 Å². The van der Waals surface area contributed by atoms with Gasteiger partial charge in [-0.1, -0.05) is 32.9 Å². The highest BCUT2D eigenvalue weighted by atomic mass is 16.3. The van der Waals surface area contributed by atoms with Crippen molar-refractivity contribution in [3.8, 4) is 0 Å². The summed E-state index contributed by atoms with van der Waals surface area (Å²) < 4.78 is 0. The zero-order chi connectivity index (χ0) is 11.5. The van der Waals surface area contributed by atoms with Crippen LogP contribution in [-0.2, 0) is 0 Å². The molecule has 1 rings (SSSR count). The van der Waals surface area contributed by atoms with Crippen LogP contribution >= 0.6 is 0 Å². The summed E-state index contributed by atoms with van der Waals surface area (Å²) in [6.45, 7) is 10.2. The van der Waals surface area contributed by atoms with Crippen LogP contribution in [0.5, 0.6) is 0 Å². The second-order valence-electron chi connectivity index (χ2n) is 5.09. The van der Waals surface area contributed by atoms with E-state index in [1.165, 1.54) is 12.0 Å². The van der Waals surface area contributed by atoms with E-state index in [4.69, 9.17) is 0 Å². The Morgan fingerprint density at radius 1 is 1.33 bits per heavy atom. The first-order chi connectivity index (χ1) is 7.00. The Bertz CT molecular complexity index is 252. The first kappa shape index (κ1) is 12.5. The van der Waals surface area contributed by atoms with Crippen molar-refractivity contribution in [1.29, 1.82) is 0 Å². The third-order valence-electron chi connectivity index (χ3n) is 3.45. The Labute approximate surface area is 93.9 Å². The molecule has 0 saturated heterocycles. The minimum Gasteiger partial charge on any atom is -0.385 e. The van der Waals surface area contributed by atoms with Crippen LogP contribution in [0.4, 0.5) is 0 Å². The average Bonchev–Trinajstić information content (AvgIpc) is 2.20. The highest BCUT2D eigenvalue weighted by molar-refractivity contribution is 5.23. The van der Waals surface area contributed by atoms with Gasteiger partial charge in [-0.25, -0.2) is 0 Å². The quantitative estimate of drug-likeness (QED) is 0.701. The monoisotopic (exact) mass is 208 g/mol. The summed E-state index contributed by atoms with van der Waals surface area (Å²) in [4.78, 5) is 0. The Hall–Kier alpha value is -0.560. The predicted molar refractivity (Wildman–Crippen MR) is 65.7 cm³/mol. The maximum absolute atomic E-state index is 10.7. The summed E-state index contributed by atoms with van der Waals surface area (Å²) in [5.41, 5.74) is 0.612. The molecule has 0 aliphatic heterocycles. The van der Waals surface area contributed by atoms with E-state index in [1.54, 1.807) is 0 Å². The molecule has 0 spiro atoms. The van der Waals surface area contributed by atoms with Crippen molar-refractivity contribution in [3.05, 3.63) is 24.3 Å². The number of rotatable bonds is 3. The fourth-order valence-electron chi connectivity index (χ4n) is 2.43. The molecule has 1 heteroatoms. The maximum atomic E-state index is 10.7. The van der Waals surface area contributed by atoms with Gasteiger partial charge in [-0.3, -0.25) is 0 Å². The summed E-state index contributed by atoms with van der Waals surface area (Å²) >= 11 is 0. The van der Waals surface area contributed by atoms with Crippen LogP contribution in [0.2, 0.25) is 0 Å². The lowest BCUT2D eigenvalue weighted by Gasteiger charge is -2.39. The van der Waals surface area contributed by atoms with Crippen LogP contribution in [-0.4, -0.2) is 10.7 Å². The number of hydrogen-bond donors (Lipinski definition) is 1. The highest BCUT2D eigenvalue weighted by Gasteiger charge is 2.37. The molecule has 1 N–H and O–H groups in total. The molecule has 0 unspecified atom stereocenters. The maximum Gasteiger partial charge on any atom is 0.0916 e. The fraction of sp³-hybridized carbons (Fsp3) is 0.714. The van der Waals surface area contributed by atoms with Crippen molar-refractivity contribution in [2.75, 3.05) is 0 Å². The Morgan fingerprint density at radius 2 is 2.00 bits per heavy atom. The van der Waals surface area contributed by atoms with Crippen molar-refractivity contribution in [2.24, 2.45) is 11.8 Å². The lowest BCUT2D eigenvalue weighted by atomic mass is 9.72. The van der Waals surface area contributed by atoms with E-state index < -0.39 is 5.60 Å². The largest absolute Gasteiger partial charge is 0.385 e. The average molecular weight is 208 g/mol. The summed E-state index contributed by atoms with van der Waals surface area (Å²) in [5.74, 6) is 0.671. The van der Waals surface area contributed by atoms with Gasteiger partial charge in [0.05, 0.1) is 5.60 Å². The molecule has 1 saturated carbocycles. The van der Waals surface area contributed by atoms with Gasteiger partial charge in [0.25, 0.3) is 0 Å². The van der Waals surface area contributed by atoms with E-state index in [0.29, 0.717) is 5.92 Å². The van der Waals surface area contributed by atoms with Crippen molar-refractivity contribution in [2.45, 2.75) is 52.1 Å². The predicted octanol–water partition coefficient (Wildman–Crippen LogP) is 3.70. The van der Waals surface area contributed by atoms with Gasteiger partial charge in [0, 0.05) is 5.92 Å². The molecule has 0 aromatic carbocycles. The van der Waals surface area contributed by atoms with Crippen molar-refractivity contribution < 1.29 is 5.11 Å². The Morgan fingerprint density at radius 3 is 2.53 bits per heavy atom. The highest BCUT2D eigenvalue weighted by Crippen LogP contribution is 2.39. The van der Waals surface area contributed by atoms with Gasteiger partial charge >= 0.3 is 0 Å². The van der Waals surface area contributed by atoms with Gasteiger partial charge < -0.3 is 5.11 Å². The number of hydrogen-bond acceptors (Lipinski definition) is 1. The molecule has 0 radical (unpaired) electrons. The van der Waals surface area contributed by atoms with Gasteiger partial charge in [0.15, 0.2) is 0 Å². The van der Waals surface area contributed by atoms with E-state index in [-0.39, 0.29) is 5.92 Å². The molecule has 2 atom stereocenters. The molecule has 0 amide bonds. The molecule has 1 nitrogen and oxygen atoms in total. The molecule has 1 aliphatic rings. The van der Waals surface area contributed by atoms with E-state index in [0.717, 1.165) is 19.3 Å². The van der Waals surface area contributed by atoms with Crippen molar-refractivity contribution in [1.82, 2.24) is 0 Å². The minimum absolute atomic E-state index is 0.155. The Kier molecular flexibility index (Phi) is 4.15. The molecule has 0 bridgehead atoms. The number of allylic oxidation sites excluding steroid dienone is 1. The van der Waals surface area contributed by atoms with Gasteiger partial charge in [-0.15, -0.1) is 6.58 Å². The van der Waals surface area contributed by atoms with Gasteiger partial charge in [-0.05, 0) is 37.2 Å². The van der Waals surface area contributed by atoms with Crippen LogP contribution in [0, 0.1) is 11.8 Å². The van der Waals surface area contributed by atoms with E-state index >= 15 is 0 Å². The molecule has 1 aliphatic carbocycles. The van der Waals surface area contributed by atoms with Crippen molar-refractivity contribution >= 4 is 0 Å². The minimum atomic E-state index is -0.621. The molecule has 0 aromatic heterocycles. The van der Waals surface area contributed by atoms with Gasteiger partial charge in [0.2, 0.25) is 0 Å². The molecule has 0 aromatic rings. The lowest BCUT2D eigenvalue weighted by Crippen LogP contribution is -2.40. The number of aliphatic hydroxyl groups is 1. The summed E-state index contributed by atoms with van der Waals surface area (Å²) in [6, 6.07) is 0. The first-order valence-electron chi connectivity index (χ1n) is 6.07. The second-order valence-corrected chi connectivity index (χ2v) is 5.09. The molecule has 1 fully saturated rings. The summed E-state index contributed by atoms with van der Waals surface area (Å²) in [7, 11) is 0. The third kappa shape index (κ3) is 2.72. The standard InChI is InChI=1S/C14H24O/c1-5-12(4)14(15)9-7-6-8-13(14)10-11(2)3/h5,10-12,15H,1,6-9H2,2-4H3/b13-10+/t12-,14+/m1/s1. The van der Waals surface area contributed by atoms with E-state index in [1.807, 2.05) is 6.08 Å². The van der Waals surface area contributed by atoms with Crippen LogP contribution in [0.15, 0.2) is 24.3 Å². The van der Waals surface area contributed by atoms with Gasteiger partial charge in [-0.2, -0.15) is 0 Å². The van der Waals surface area contributed by atoms with Gasteiger partial charge in [0.1, 0.15) is 0 Å². The molecular formula is C14H24O. The normalized spacial score (nSPS) is 31.9. The zero-order valence-corrected chi connectivity index (χ0v) is 10.3. The topological polar surface area (TPSA) is 20.2 Å². The van der Waals surface area contributed by atoms with Crippen molar-refractivity contribution in [3.63, 3.8) is 0 Å². The van der Waals surface area contributed by atoms with Crippen LogP contribution in [0.25, 0.3) is 0 Å². The van der Waals surface area contributed by atoms with Crippen LogP contribution in [0.1, 0.15) is 46.5 Å².